The second-order valence-corrected chi connectivity index (χ2v) is 6.45. The second-order valence-electron chi connectivity index (χ2n) is 6.45. The molecule has 1 N–H and O–H groups in total. The molecule has 1 aliphatic rings. The van der Waals surface area contributed by atoms with Gasteiger partial charge in [-0.3, -0.25) is 0 Å². The van der Waals surface area contributed by atoms with Gasteiger partial charge in [0.15, 0.2) is 5.82 Å². The Labute approximate surface area is 141 Å². The van der Waals surface area contributed by atoms with Crippen LogP contribution in [0.5, 0.6) is 0 Å². The number of benzene rings is 1. The van der Waals surface area contributed by atoms with Crippen LogP contribution in [0.15, 0.2) is 36.7 Å². The van der Waals surface area contributed by atoms with E-state index in [1.807, 2.05) is 25.3 Å². The molecular weight excluding hydrogens is 300 g/mol. The molecule has 1 aliphatic heterocycles. The Morgan fingerprint density at radius 3 is 2.58 bits per heavy atom. The monoisotopic (exact) mass is 322 g/mol. The molecule has 6 heteroatoms. The number of nitrogens with one attached hydrogen (secondary N) is 1. The van der Waals surface area contributed by atoms with Crippen LogP contribution in [0, 0.1) is 6.92 Å². The zero-order chi connectivity index (χ0) is 16.5. The maximum atomic E-state index is 4.74. The van der Waals surface area contributed by atoms with Gasteiger partial charge in [-0.25, -0.2) is 14.6 Å². The topological polar surface area (TPSA) is 62.6 Å². The summed E-state index contributed by atoms with van der Waals surface area (Å²) in [6.45, 7) is 4.16. The fourth-order valence-electron chi connectivity index (χ4n) is 3.41. The van der Waals surface area contributed by atoms with Gasteiger partial charge in [-0.05, 0) is 39.9 Å². The molecule has 2 aromatic heterocycles. The van der Waals surface area contributed by atoms with E-state index in [4.69, 9.17) is 10.1 Å². The molecule has 0 saturated carbocycles. The number of aryl methyl sites for hydroxylation is 1. The minimum Gasteiger partial charge on any atom is -0.345 e. The van der Waals surface area contributed by atoms with Crippen LogP contribution < -0.4 is 0 Å². The average molecular weight is 322 g/mol. The minimum atomic E-state index is 0.405. The Hall–Kier alpha value is -2.47. The number of rotatable bonds is 3. The summed E-state index contributed by atoms with van der Waals surface area (Å²) in [5.74, 6) is 2.62. The number of hydrogen-bond acceptors (Lipinski definition) is 4. The van der Waals surface area contributed by atoms with Gasteiger partial charge in [0, 0.05) is 23.5 Å². The molecule has 0 spiro atoms. The minimum absolute atomic E-state index is 0.405. The molecule has 0 bridgehead atoms. The van der Waals surface area contributed by atoms with Crippen molar-refractivity contribution >= 4 is 0 Å². The lowest BCUT2D eigenvalue weighted by Crippen LogP contribution is -2.32. The number of hydrogen-bond donors (Lipinski definition) is 1. The highest BCUT2D eigenvalue weighted by molar-refractivity contribution is 5.77. The second kappa shape index (κ2) is 6.20. The quantitative estimate of drug-likeness (QED) is 0.805. The summed E-state index contributed by atoms with van der Waals surface area (Å²) in [5.41, 5.74) is 2.14. The van der Waals surface area contributed by atoms with E-state index in [-0.39, 0.29) is 0 Å². The van der Waals surface area contributed by atoms with Crippen LogP contribution in [0.25, 0.3) is 22.8 Å². The molecule has 1 aromatic carbocycles. The molecule has 3 heterocycles. The first-order chi connectivity index (χ1) is 11.7. The Balaban J connectivity index is 1.78. The van der Waals surface area contributed by atoms with Gasteiger partial charge >= 0.3 is 0 Å². The zero-order valence-corrected chi connectivity index (χ0v) is 14.1. The van der Waals surface area contributed by atoms with Crippen LogP contribution in [0.2, 0.25) is 0 Å². The molecule has 24 heavy (non-hydrogen) atoms. The van der Waals surface area contributed by atoms with Crippen molar-refractivity contribution < 1.29 is 0 Å². The van der Waals surface area contributed by atoms with Crippen molar-refractivity contribution in [2.75, 3.05) is 20.1 Å². The van der Waals surface area contributed by atoms with E-state index >= 15 is 0 Å². The van der Waals surface area contributed by atoms with Crippen LogP contribution >= 0.6 is 0 Å². The van der Waals surface area contributed by atoms with Gasteiger partial charge in [0.05, 0.1) is 6.04 Å². The highest BCUT2D eigenvalue weighted by atomic mass is 15.4. The Kier molecular flexibility index (Phi) is 3.90. The van der Waals surface area contributed by atoms with Crippen molar-refractivity contribution in [3.8, 4) is 22.8 Å². The van der Waals surface area contributed by atoms with Crippen molar-refractivity contribution in [2.45, 2.75) is 25.8 Å². The van der Waals surface area contributed by atoms with Crippen molar-refractivity contribution in [3.05, 3.63) is 42.5 Å². The van der Waals surface area contributed by atoms with Gasteiger partial charge in [0.25, 0.3) is 0 Å². The maximum Gasteiger partial charge on any atom is 0.159 e. The number of H-pyrrole nitrogens is 1. The lowest BCUT2D eigenvalue weighted by atomic mass is 10.0. The number of imidazole rings is 1. The van der Waals surface area contributed by atoms with Gasteiger partial charge in [0.2, 0.25) is 0 Å². The van der Waals surface area contributed by atoms with Crippen LogP contribution in [-0.2, 0) is 0 Å². The number of aromatic amines is 1. The van der Waals surface area contributed by atoms with Crippen LogP contribution in [0.4, 0.5) is 0 Å². The first-order valence-corrected chi connectivity index (χ1v) is 8.43. The molecule has 124 valence electrons. The molecular formula is C18H22N6. The van der Waals surface area contributed by atoms with Crippen LogP contribution in [0.3, 0.4) is 0 Å². The van der Waals surface area contributed by atoms with Crippen molar-refractivity contribution in [1.29, 1.82) is 0 Å². The third-order valence-corrected chi connectivity index (χ3v) is 4.69. The molecule has 6 nitrogen and oxygen atoms in total. The van der Waals surface area contributed by atoms with E-state index < -0.39 is 0 Å². The van der Waals surface area contributed by atoms with Crippen LogP contribution in [-0.4, -0.2) is 49.8 Å². The van der Waals surface area contributed by atoms with E-state index in [0.29, 0.717) is 6.04 Å². The normalized spacial score (nSPS) is 16.6. The molecule has 0 amide bonds. The Bertz CT molecular complexity index is 812. The van der Waals surface area contributed by atoms with E-state index in [1.54, 1.807) is 6.20 Å². The summed E-state index contributed by atoms with van der Waals surface area (Å²) in [7, 11) is 2.18. The Morgan fingerprint density at radius 2 is 1.88 bits per heavy atom. The summed E-state index contributed by atoms with van der Waals surface area (Å²) in [4.78, 5) is 14.7. The Morgan fingerprint density at radius 1 is 1.12 bits per heavy atom. The molecule has 0 atom stereocenters. The molecule has 4 rings (SSSR count). The van der Waals surface area contributed by atoms with E-state index in [9.17, 15) is 0 Å². The van der Waals surface area contributed by atoms with E-state index in [0.717, 1.165) is 54.5 Å². The summed E-state index contributed by atoms with van der Waals surface area (Å²) in [6.07, 6.45) is 5.84. The standard InChI is InChI=1S/C18H22N6/c1-13-21-18(24(22-13)14-7-11-23(2)12-8-14)16-6-4-3-5-15(16)17-19-9-10-20-17/h3-6,9-10,14H,7-8,11-12H2,1-2H3,(H,19,20). The molecule has 1 saturated heterocycles. The summed E-state index contributed by atoms with van der Waals surface area (Å²) >= 11 is 0. The first-order valence-electron chi connectivity index (χ1n) is 8.43. The number of piperidine rings is 1. The fourth-order valence-corrected chi connectivity index (χ4v) is 3.41. The summed E-state index contributed by atoms with van der Waals surface area (Å²) in [6, 6.07) is 8.67. The maximum absolute atomic E-state index is 4.74. The van der Waals surface area contributed by atoms with Crippen molar-refractivity contribution in [1.82, 2.24) is 29.6 Å². The first kappa shape index (κ1) is 15.1. The zero-order valence-electron chi connectivity index (χ0n) is 14.1. The van der Waals surface area contributed by atoms with Gasteiger partial charge in [-0.2, -0.15) is 5.10 Å². The van der Waals surface area contributed by atoms with E-state index in [1.165, 1.54) is 0 Å². The van der Waals surface area contributed by atoms with Crippen molar-refractivity contribution in [3.63, 3.8) is 0 Å². The van der Waals surface area contributed by atoms with Gasteiger partial charge in [-0.15, -0.1) is 0 Å². The summed E-state index contributed by atoms with van der Waals surface area (Å²) in [5, 5.41) is 4.71. The third-order valence-electron chi connectivity index (χ3n) is 4.69. The van der Waals surface area contributed by atoms with Gasteiger partial charge in [-0.1, -0.05) is 24.3 Å². The van der Waals surface area contributed by atoms with E-state index in [2.05, 4.69) is 38.7 Å². The third kappa shape index (κ3) is 2.73. The molecule has 1 fully saturated rings. The SMILES string of the molecule is Cc1nc(-c2ccccc2-c2ncc[nH]2)n(C2CCN(C)CC2)n1. The lowest BCUT2D eigenvalue weighted by Gasteiger charge is -2.29. The number of likely N-dealkylation sites (tertiary alicyclic amines) is 1. The highest BCUT2D eigenvalue weighted by Gasteiger charge is 2.24. The fraction of sp³-hybridized carbons (Fsp3) is 0.389. The number of aromatic nitrogens is 5. The van der Waals surface area contributed by atoms with Crippen molar-refractivity contribution in [2.24, 2.45) is 0 Å². The molecule has 3 aromatic rings. The molecule has 0 unspecified atom stereocenters. The average Bonchev–Trinajstić information content (AvgIpc) is 3.25. The van der Waals surface area contributed by atoms with Crippen LogP contribution in [0.1, 0.15) is 24.7 Å². The highest BCUT2D eigenvalue weighted by Crippen LogP contribution is 2.32. The van der Waals surface area contributed by atoms with Gasteiger partial charge in [0.1, 0.15) is 11.6 Å². The molecule has 0 aliphatic carbocycles. The lowest BCUT2D eigenvalue weighted by molar-refractivity contribution is 0.213. The predicted octanol–water partition coefficient (Wildman–Crippen LogP) is 2.91. The van der Waals surface area contributed by atoms with Gasteiger partial charge < -0.3 is 9.88 Å². The summed E-state index contributed by atoms with van der Waals surface area (Å²) < 4.78 is 2.13. The number of nitrogens with zero attached hydrogens (tertiary/aromatic N) is 5. The predicted molar refractivity (Wildman–Crippen MR) is 93.5 cm³/mol. The molecule has 0 radical (unpaired) electrons. The smallest absolute Gasteiger partial charge is 0.159 e. The largest absolute Gasteiger partial charge is 0.345 e.